The summed E-state index contributed by atoms with van der Waals surface area (Å²) in [6.07, 6.45) is 6.08. The summed E-state index contributed by atoms with van der Waals surface area (Å²) >= 11 is 2.22. The predicted octanol–water partition coefficient (Wildman–Crippen LogP) is 2.06. The largest absolute Gasteiger partial charge is 0.376 e. The van der Waals surface area contributed by atoms with Crippen molar-refractivity contribution < 1.29 is 4.74 Å². The van der Waals surface area contributed by atoms with Crippen LogP contribution < -0.4 is 0 Å². The molecule has 1 saturated heterocycles. The molecule has 1 aromatic heterocycles. The van der Waals surface area contributed by atoms with Crippen LogP contribution in [-0.2, 0) is 11.3 Å². The molecule has 1 fully saturated rings. The number of hydrogen-bond acceptors (Lipinski definition) is 2. The molecule has 1 aliphatic heterocycles. The number of hydrogen-bond donors (Lipinski definition) is 0. The zero-order valence-electron chi connectivity index (χ0n) is 7.45. The van der Waals surface area contributed by atoms with Crippen molar-refractivity contribution in [3.8, 4) is 0 Å². The summed E-state index contributed by atoms with van der Waals surface area (Å²) in [6, 6.07) is 2.02. The molecule has 0 N–H and O–H groups in total. The van der Waals surface area contributed by atoms with Crippen molar-refractivity contribution in [1.29, 1.82) is 0 Å². The molecule has 1 aromatic rings. The van der Waals surface area contributed by atoms with E-state index in [-0.39, 0.29) is 0 Å². The SMILES string of the molecule is Ic1ccn(CC2CCCCO2)n1. The van der Waals surface area contributed by atoms with E-state index >= 15 is 0 Å². The molecule has 0 aromatic carbocycles. The molecule has 1 atom stereocenters. The Morgan fingerprint density at radius 1 is 1.62 bits per heavy atom. The van der Waals surface area contributed by atoms with Crippen LogP contribution in [0.15, 0.2) is 12.3 Å². The summed E-state index contributed by atoms with van der Waals surface area (Å²) in [7, 11) is 0. The topological polar surface area (TPSA) is 27.1 Å². The fraction of sp³-hybridized carbons (Fsp3) is 0.667. The maximum absolute atomic E-state index is 5.63. The average molecular weight is 292 g/mol. The zero-order chi connectivity index (χ0) is 9.10. The highest BCUT2D eigenvalue weighted by atomic mass is 127. The van der Waals surface area contributed by atoms with Gasteiger partial charge < -0.3 is 4.74 Å². The number of halogens is 1. The molecule has 0 amide bonds. The van der Waals surface area contributed by atoms with E-state index in [9.17, 15) is 0 Å². The van der Waals surface area contributed by atoms with E-state index in [1.165, 1.54) is 19.3 Å². The lowest BCUT2D eigenvalue weighted by Gasteiger charge is -2.22. The molecule has 4 heteroatoms. The Morgan fingerprint density at radius 3 is 3.15 bits per heavy atom. The minimum absolute atomic E-state index is 0.379. The van der Waals surface area contributed by atoms with Gasteiger partial charge in [0, 0.05) is 12.8 Å². The lowest BCUT2D eigenvalue weighted by atomic mass is 10.1. The van der Waals surface area contributed by atoms with Gasteiger partial charge in [-0.25, -0.2) is 0 Å². The fourth-order valence-corrected chi connectivity index (χ4v) is 2.04. The van der Waals surface area contributed by atoms with Crippen molar-refractivity contribution in [3.63, 3.8) is 0 Å². The van der Waals surface area contributed by atoms with E-state index in [1.807, 2.05) is 16.9 Å². The van der Waals surface area contributed by atoms with Gasteiger partial charge in [0.15, 0.2) is 0 Å². The van der Waals surface area contributed by atoms with Crippen LogP contribution in [0, 0.1) is 3.70 Å². The molecule has 2 heterocycles. The van der Waals surface area contributed by atoms with E-state index in [4.69, 9.17) is 4.74 Å². The molecule has 0 spiro atoms. The Balaban J connectivity index is 1.89. The molecule has 3 nitrogen and oxygen atoms in total. The van der Waals surface area contributed by atoms with E-state index in [0.717, 1.165) is 16.9 Å². The quantitative estimate of drug-likeness (QED) is 0.780. The Bertz CT molecular complexity index is 268. The summed E-state index contributed by atoms with van der Waals surface area (Å²) < 4.78 is 8.65. The van der Waals surface area contributed by atoms with Gasteiger partial charge in [-0.15, -0.1) is 0 Å². The summed E-state index contributed by atoms with van der Waals surface area (Å²) in [6.45, 7) is 1.83. The van der Waals surface area contributed by atoms with E-state index in [0.29, 0.717) is 6.10 Å². The predicted molar refractivity (Wildman–Crippen MR) is 58.5 cm³/mol. The molecule has 2 rings (SSSR count). The fourth-order valence-electron chi connectivity index (χ4n) is 1.60. The molecule has 0 radical (unpaired) electrons. The monoisotopic (exact) mass is 292 g/mol. The first kappa shape index (κ1) is 9.45. The zero-order valence-corrected chi connectivity index (χ0v) is 9.61. The number of nitrogens with zero attached hydrogens (tertiary/aromatic N) is 2. The van der Waals surface area contributed by atoms with Crippen LogP contribution in [0.5, 0.6) is 0 Å². The van der Waals surface area contributed by atoms with E-state index < -0.39 is 0 Å². The van der Waals surface area contributed by atoms with Crippen molar-refractivity contribution in [2.45, 2.75) is 31.9 Å². The van der Waals surface area contributed by atoms with Crippen molar-refractivity contribution in [1.82, 2.24) is 9.78 Å². The highest BCUT2D eigenvalue weighted by Gasteiger charge is 2.14. The van der Waals surface area contributed by atoms with Gasteiger partial charge in [-0.3, -0.25) is 4.68 Å². The first-order chi connectivity index (χ1) is 6.34. The number of ether oxygens (including phenoxy) is 1. The van der Waals surface area contributed by atoms with Crippen molar-refractivity contribution >= 4 is 22.6 Å². The number of rotatable bonds is 2. The molecule has 0 bridgehead atoms. The van der Waals surface area contributed by atoms with Crippen LogP contribution in [0.25, 0.3) is 0 Å². The van der Waals surface area contributed by atoms with Crippen LogP contribution in [0.2, 0.25) is 0 Å². The highest BCUT2D eigenvalue weighted by molar-refractivity contribution is 14.1. The van der Waals surface area contributed by atoms with Crippen LogP contribution in [0.1, 0.15) is 19.3 Å². The molecule has 0 aliphatic carbocycles. The molecule has 1 aliphatic rings. The normalized spacial score (nSPS) is 23.3. The summed E-state index contributed by atoms with van der Waals surface area (Å²) in [5.74, 6) is 0. The lowest BCUT2D eigenvalue weighted by molar-refractivity contribution is 0.00394. The van der Waals surface area contributed by atoms with Crippen LogP contribution >= 0.6 is 22.6 Å². The Labute approximate surface area is 91.6 Å². The van der Waals surface area contributed by atoms with Crippen molar-refractivity contribution in [3.05, 3.63) is 16.0 Å². The maximum Gasteiger partial charge on any atom is 0.123 e. The van der Waals surface area contributed by atoms with Crippen molar-refractivity contribution in [2.24, 2.45) is 0 Å². The van der Waals surface area contributed by atoms with E-state index in [2.05, 4.69) is 27.7 Å². The van der Waals surface area contributed by atoms with Gasteiger partial charge in [-0.1, -0.05) is 0 Å². The molecule has 0 saturated carbocycles. The third-order valence-electron chi connectivity index (χ3n) is 2.27. The lowest BCUT2D eigenvalue weighted by Crippen LogP contribution is -2.24. The molecular weight excluding hydrogens is 279 g/mol. The van der Waals surface area contributed by atoms with Crippen LogP contribution in [0.4, 0.5) is 0 Å². The second kappa shape index (κ2) is 4.41. The van der Waals surface area contributed by atoms with Gasteiger partial charge in [0.25, 0.3) is 0 Å². The third-order valence-corrected chi connectivity index (χ3v) is 2.85. The standard InChI is InChI=1S/C9H13IN2O/c10-9-4-5-12(11-9)7-8-3-1-2-6-13-8/h4-5,8H,1-3,6-7H2. The Kier molecular flexibility index (Phi) is 3.21. The summed E-state index contributed by atoms with van der Waals surface area (Å²) in [5.41, 5.74) is 0. The smallest absolute Gasteiger partial charge is 0.123 e. The van der Waals surface area contributed by atoms with Gasteiger partial charge >= 0.3 is 0 Å². The van der Waals surface area contributed by atoms with Gasteiger partial charge in [-0.05, 0) is 47.9 Å². The second-order valence-electron chi connectivity index (χ2n) is 3.35. The molecule has 72 valence electrons. The Morgan fingerprint density at radius 2 is 2.54 bits per heavy atom. The van der Waals surface area contributed by atoms with Crippen LogP contribution in [-0.4, -0.2) is 22.5 Å². The Hall–Kier alpha value is -0.100. The highest BCUT2D eigenvalue weighted by Crippen LogP contribution is 2.14. The van der Waals surface area contributed by atoms with Crippen LogP contribution in [0.3, 0.4) is 0 Å². The molecular formula is C9H13IN2O. The van der Waals surface area contributed by atoms with Crippen molar-refractivity contribution in [2.75, 3.05) is 6.61 Å². The minimum atomic E-state index is 0.379. The summed E-state index contributed by atoms with van der Waals surface area (Å²) in [5, 5.41) is 4.33. The average Bonchev–Trinajstić information content (AvgIpc) is 2.53. The summed E-state index contributed by atoms with van der Waals surface area (Å²) in [4.78, 5) is 0. The number of aromatic nitrogens is 2. The van der Waals surface area contributed by atoms with Gasteiger partial charge in [-0.2, -0.15) is 5.10 Å². The van der Waals surface area contributed by atoms with Gasteiger partial charge in [0.05, 0.1) is 12.6 Å². The first-order valence-electron chi connectivity index (χ1n) is 4.65. The molecule has 1 unspecified atom stereocenters. The minimum Gasteiger partial charge on any atom is -0.376 e. The molecule has 13 heavy (non-hydrogen) atoms. The second-order valence-corrected chi connectivity index (χ2v) is 4.45. The maximum atomic E-state index is 5.63. The third kappa shape index (κ3) is 2.67. The van der Waals surface area contributed by atoms with E-state index in [1.54, 1.807) is 0 Å². The first-order valence-corrected chi connectivity index (χ1v) is 5.73. The van der Waals surface area contributed by atoms with Gasteiger partial charge in [0.2, 0.25) is 0 Å². The van der Waals surface area contributed by atoms with Gasteiger partial charge in [0.1, 0.15) is 3.70 Å².